The van der Waals surface area contributed by atoms with Gasteiger partial charge >= 0.3 is 6.18 Å². The maximum atomic E-state index is 12.6. The summed E-state index contributed by atoms with van der Waals surface area (Å²) in [5, 5.41) is 4.40. The molecule has 2 rings (SSSR count). The van der Waals surface area contributed by atoms with Gasteiger partial charge < -0.3 is 5.32 Å². The molecule has 1 aromatic carbocycles. The second kappa shape index (κ2) is 7.29. The molecule has 1 fully saturated rings. The van der Waals surface area contributed by atoms with Crippen molar-refractivity contribution in [3.8, 4) is 0 Å². The lowest BCUT2D eigenvalue weighted by Gasteiger charge is -2.34. The Hall–Kier alpha value is -0.330. The smallest absolute Gasteiger partial charge is 0.316 e. The summed E-state index contributed by atoms with van der Waals surface area (Å²) in [5.41, 5.74) is 0.369. The van der Waals surface area contributed by atoms with Crippen molar-refractivity contribution in [1.29, 1.82) is 0 Å². The van der Waals surface area contributed by atoms with Gasteiger partial charge in [0.15, 0.2) is 0 Å². The molecule has 1 heterocycles. The number of alkyl halides is 3. The van der Waals surface area contributed by atoms with E-state index in [1.807, 2.05) is 30.6 Å². The SMILES string of the molecule is CNC(Cc1ccc(C(F)(F)F)cc1)C1SCCSC1C. The number of thioether (sulfide) groups is 2. The summed E-state index contributed by atoms with van der Waals surface area (Å²) in [7, 11) is 1.93. The largest absolute Gasteiger partial charge is 0.416 e. The lowest BCUT2D eigenvalue weighted by molar-refractivity contribution is -0.137. The number of benzene rings is 1. The van der Waals surface area contributed by atoms with Crippen molar-refractivity contribution in [3.05, 3.63) is 35.4 Å². The Morgan fingerprint density at radius 1 is 1.19 bits per heavy atom. The molecule has 1 saturated heterocycles. The molecule has 1 N–H and O–H groups in total. The van der Waals surface area contributed by atoms with E-state index in [4.69, 9.17) is 0 Å². The lowest BCUT2D eigenvalue weighted by atomic mass is 10.0. The molecular formula is C15H20F3NS2. The molecule has 1 aliphatic heterocycles. The summed E-state index contributed by atoms with van der Waals surface area (Å²) >= 11 is 3.94. The Kier molecular flexibility index (Phi) is 5.91. The van der Waals surface area contributed by atoms with Crippen LogP contribution in [0, 0.1) is 0 Å². The van der Waals surface area contributed by atoms with E-state index in [1.165, 1.54) is 17.9 Å². The zero-order valence-electron chi connectivity index (χ0n) is 12.1. The molecule has 0 amide bonds. The minimum absolute atomic E-state index is 0.287. The fraction of sp³-hybridized carbons (Fsp3) is 0.600. The molecule has 0 aromatic heterocycles. The van der Waals surface area contributed by atoms with Crippen LogP contribution in [0.1, 0.15) is 18.1 Å². The summed E-state index contributed by atoms with van der Waals surface area (Å²) in [4.78, 5) is 0. The first-order valence-electron chi connectivity index (χ1n) is 6.98. The minimum atomic E-state index is -4.26. The van der Waals surface area contributed by atoms with E-state index in [0.29, 0.717) is 10.5 Å². The summed E-state index contributed by atoms with van der Waals surface area (Å²) in [6.07, 6.45) is -3.50. The summed E-state index contributed by atoms with van der Waals surface area (Å²) in [6, 6.07) is 5.83. The van der Waals surface area contributed by atoms with Gasteiger partial charge in [-0.3, -0.25) is 0 Å². The van der Waals surface area contributed by atoms with E-state index >= 15 is 0 Å². The minimum Gasteiger partial charge on any atom is -0.316 e. The van der Waals surface area contributed by atoms with Crippen molar-refractivity contribution in [2.45, 2.75) is 36.1 Å². The fourth-order valence-electron chi connectivity index (χ4n) is 2.56. The topological polar surface area (TPSA) is 12.0 Å². The second-order valence-electron chi connectivity index (χ2n) is 5.21. The highest BCUT2D eigenvalue weighted by molar-refractivity contribution is 8.07. The van der Waals surface area contributed by atoms with E-state index < -0.39 is 11.7 Å². The van der Waals surface area contributed by atoms with Gasteiger partial charge in [0.1, 0.15) is 0 Å². The van der Waals surface area contributed by atoms with Crippen LogP contribution in [0.2, 0.25) is 0 Å². The summed E-state index contributed by atoms with van der Waals surface area (Å²) < 4.78 is 37.7. The number of hydrogen-bond acceptors (Lipinski definition) is 3. The van der Waals surface area contributed by atoms with Crippen LogP contribution in [0.4, 0.5) is 13.2 Å². The van der Waals surface area contributed by atoms with E-state index in [2.05, 4.69) is 12.2 Å². The van der Waals surface area contributed by atoms with Crippen LogP contribution in [0.25, 0.3) is 0 Å². The second-order valence-corrected chi connectivity index (χ2v) is 7.98. The van der Waals surface area contributed by atoms with Gasteiger partial charge in [-0.1, -0.05) is 19.1 Å². The van der Waals surface area contributed by atoms with Crippen molar-refractivity contribution in [2.24, 2.45) is 0 Å². The Labute approximate surface area is 132 Å². The van der Waals surface area contributed by atoms with Crippen LogP contribution in [-0.2, 0) is 12.6 Å². The van der Waals surface area contributed by atoms with Crippen LogP contribution in [0.3, 0.4) is 0 Å². The van der Waals surface area contributed by atoms with Crippen molar-refractivity contribution in [2.75, 3.05) is 18.6 Å². The molecule has 118 valence electrons. The molecule has 0 bridgehead atoms. The molecular weight excluding hydrogens is 315 g/mol. The normalized spacial score (nSPS) is 24.8. The molecule has 0 aliphatic carbocycles. The highest BCUT2D eigenvalue weighted by atomic mass is 32.2. The Morgan fingerprint density at radius 3 is 2.33 bits per heavy atom. The quantitative estimate of drug-likeness (QED) is 0.891. The number of nitrogens with one attached hydrogen (secondary N) is 1. The number of rotatable bonds is 4. The Balaban J connectivity index is 2.04. The zero-order chi connectivity index (χ0) is 15.5. The third-order valence-corrected chi connectivity index (χ3v) is 6.99. The predicted molar refractivity (Wildman–Crippen MR) is 86.2 cm³/mol. The molecule has 3 unspecified atom stereocenters. The van der Waals surface area contributed by atoms with Crippen molar-refractivity contribution >= 4 is 23.5 Å². The van der Waals surface area contributed by atoms with Gasteiger partial charge in [-0.05, 0) is 31.2 Å². The molecule has 1 aromatic rings. The fourth-order valence-corrected chi connectivity index (χ4v) is 5.56. The maximum Gasteiger partial charge on any atom is 0.416 e. The molecule has 0 spiro atoms. The van der Waals surface area contributed by atoms with Crippen molar-refractivity contribution in [3.63, 3.8) is 0 Å². The first kappa shape index (κ1) is 17.0. The molecule has 1 nitrogen and oxygen atoms in total. The van der Waals surface area contributed by atoms with Gasteiger partial charge in [0.25, 0.3) is 0 Å². The van der Waals surface area contributed by atoms with Crippen LogP contribution < -0.4 is 5.32 Å². The lowest BCUT2D eigenvalue weighted by Crippen LogP contribution is -2.44. The van der Waals surface area contributed by atoms with E-state index in [1.54, 1.807) is 12.1 Å². The number of halogens is 3. The monoisotopic (exact) mass is 335 g/mol. The zero-order valence-corrected chi connectivity index (χ0v) is 13.7. The average molecular weight is 335 g/mol. The van der Waals surface area contributed by atoms with E-state index in [-0.39, 0.29) is 6.04 Å². The predicted octanol–water partition coefficient (Wildman–Crippen LogP) is 4.07. The molecule has 3 atom stereocenters. The van der Waals surface area contributed by atoms with Gasteiger partial charge in [-0.2, -0.15) is 36.7 Å². The third kappa shape index (κ3) is 4.57. The average Bonchev–Trinajstić information content (AvgIpc) is 2.45. The molecule has 21 heavy (non-hydrogen) atoms. The van der Waals surface area contributed by atoms with Crippen molar-refractivity contribution in [1.82, 2.24) is 5.32 Å². The van der Waals surface area contributed by atoms with E-state index in [9.17, 15) is 13.2 Å². The number of hydrogen-bond donors (Lipinski definition) is 1. The maximum absolute atomic E-state index is 12.6. The summed E-state index contributed by atoms with van der Waals surface area (Å²) in [5.74, 6) is 2.32. The molecule has 0 radical (unpaired) electrons. The van der Waals surface area contributed by atoms with Gasteiger partial charge in [-0.25, -0.2) is 0 Å². The third-order valence-electron chi connectivity index (χ3n) is 3.74. The van der Waals surface area contributed by atoms with E-state index in [0.717, 1.165) is 17.7 Å². The standard InChI is InChI=1S/C15H20F3NS2/c1-10-14(21-8-7-20-10)13(19-2)9-11-3-5-12(6-4-11)15(16,17)18/h3-6,10,13-14,19H,7-9H2,1-2H3. The van der Waals surface area contributed by atoms with Gasteiger partial charge in [-0.15, -0.1) is 0 Å². The highest BCUT2D eigenvalue weighted by Gasteiger charge is 2.31. The van der Waals surface area contributed by atoms with Crippen molar-refractivity contribution < 1.29 is 13.2 Å². The van der Waals surface area contributed by atoms with Gasteiger partial charge in [0.05, 0.1) is 5.56 Å². The number of likely N-dealkylation sites (N-methyl/N-ethyl adjacent to an activating group) is 1. The molecule has 1 aliphatic rings. The Morgan fingerprint density at radius 2 is 1.81 bits per heavy atom. The van der Waals surface area contributed by atoms with Crippen LogP contribution in [-0.4, -0.2) is 35.1 Å². The van der Waals surface area contributed by atoms with Crippen LogP contribution >= 0.6 is 23.5 Å². The van der Waals surface area contributed by atoms with Gasteiger partial charge in [0, 0.05) is 28.0 Å². The van der Waals surface area contributed by atoms with Gasteiger partial charge in [0.2, 0.25) is 0 Å². The highest BCUT2D eigenvalue weighted by Crippen LogP contribution is 2.34. The molecule has 0 saturated carbocycles. The van der Waals surface area contributed by atoms with Crippen LogP contribution in [0.5, 0.6) is 0 Å². The first-order chi connectivity index (χ1) is 9.91. The first-order valence-corrected chi connectivity index (χ1v) is 9.08. The Bertz CT molecular complexity index is 447. The van der Waals surface area contributed by atoms with Crippen LogP contribution in [0.15, 0.2) is 24.3 Å². The summed E-state index contributed by atoms with van der Waals surface area (Å²) in [6.45, 7) is 2.23. The molecule has 6 heteroatoms.